The van der Waals surface area contributed by atoms with Gasteiger partial charge in [0, 0.05) is 30.2 Å². The highest BCUT2D eigenvalue weighted by atomic mass is 32.1. The Morgan fingerprint density at radius 2 is 2.00 bits per heavy atom. The van der Waals surface area contributed by atoms with Crippen LogP contribution in [0.5, 0.6) is 5.75 Å². The Morgan fingerprint density at radius 1 is 1.16 bits per heavy atom. The molecule has 0 radical (unpaired) electrons. The number of aromatic amines is 2. The largest absolute Gasteiger partial charge is 0.497 e. The summed E-state index contributed by atoms with van der Waals surface area (Å²) in [5, 5.41) is 3.13. The monoisotopic (exact) mass is 433 g/mol. The minimum Gasteiger partial charge on any atom is -0.497 e. The molecule has 7 heteroatoms. The number of carbonyl (C=O) groups excluding carboxylic acids is 1. The molecule has 6 nitrogen and oxygen atoms in total. The predicted octanol–water partition coefficient (Wildman–Crippen LogP) is 4.61. The zero-order valence-corrected chi connectivity index (χ0v) is 18.0. The number of ether oxygens (including phenoxy) is 1. The van der Waals surface area contributed by atoms with Crippen LogP contribution in [0.1, 0.15) is 34.7 Å². The van der Waals surface area contributed by atoms with Gasteiger partial charge in [0.2, 0.25) is 0 Å². The molecule has 31 heavy (non-hydrogen) atoms. The molecule has 4 aromatic rings. The molecule has 1 saturated heterocycles. The number of piperidine rings is 1. The quantitative estimate of drug-likeness (QED) is 0.493. The van der Waals surface area contributed by atoms with E-state index in [-0.39, 0.29) is 17.0 Å². The molecule has 0 aliphatic carbocycles. The highest BCUT2D eigenvalue weighted by Gasteiger charge is 2.27. The van der Waals surface area contributed by atoms with Crippen molar-refractivity contribution in [1.82, 2.24) is 14.9 Å². The van der Waals surface area contributed by atoms with E-state index in [2.05, 4.69) is 22.2 Å². The van der Waals surface area contributed by atoms with Crippen molar-refractivity contribution >= 4 is 28.1 Å². The first-order chi connectivity index (χ1) is 15.1. The first-order valence-electron chi connectivity index (χ1n) is 10.4. The number of carbonyl (C=O) groups is 1. The number of hydrogen-bond donors (Lipinski definition) is 2. The molecule has 0 atom stereocenters. The summed E-state index contributed by atoms with van der Waals surface area (Å²) < 4.78 is 5.38. The summed E-state index contributed by atoms with van der Waals surface area (Å²) in [5.41, 5.74) is 2.97. The van der Waals surface area contributed by atoms with Gasteiger partial charge in [-0.1, -0.05) is 6.07 Å². The topological polar surface area (TPSA) is 78.2 Å². The fourth-order valence-electron chi connectivity index (χ4n) is 4.37. The maximum absolute atomic E-state index is 13.0. The van der Waals surface area contributed by atoms with E-state index < -0.39 is 0 Å². The third-order valence-electron chi connectivity index (χ3n) is 6.07. The molecule has 158 valence electrons. The summed E-state index contributed by atoms with van der Waals surface area (Å²) in [6.45, 7) is 1.26. The molecule has 0 saturated carbocycles. The second-order valence-electron chi connectivity index (χ2n) is 7.81. The van der Waals surface area contributed by atoms with Crippen molar-refractivity contribution in [1.29, 1.82) is 0 Å². The Kier molecular flexibility index (Phi) is 5.11. The van der Waals surface area contributed by atoms with Gasteiger partial charge in [0.15, 0.2) is 0 Å². The Balaban J connectivity index is 1.31. The number of methoxy groups -OCH3 is 1. The van der Waals surface area contributed by atoms with Gasteiger partial charge < -0.3 is 19.6 Å². The van der Waals surface area contributed by atoms with Crippen molar-refractivity contribution in [3.05, 3.63) is 75.5 Å². The number of amides is 1. The van der Waals surface area contributed by atoms with Gasteiger partial charge in [-0.15, -0.1) is 11.3 Å². The number of thiophene rings is 1. The molecule has 4 heterocycles. The molecule has 1 aromatic carbocycles. The number of hydrogen-bond acceptors (Lipinski definition) is 4. The number of nitrogens with zero attached hydrogens (tertiary/aromatic N) is 1. The molecule has 3 aromatic heterocycles. The van der Waals surface area contributed by atoms with Gasteiger partial charge in [0.05, 0.1) is 17.7 Å². The Hall–Kier alpha value is -3.32. The van der Waals surface area contributed by atoms with Gasteiger partial charge in [0.25, 0.3) is 11.5 Å². The van der Waals surface area contributed by atoms with Gasteiger partial charge in [-0.3, -0.25) is 9.59 Å². The SMILES string of the molecule is COc1ccc2[nH]cc(C3CCN(C(=O)c4ccc(-c5cccs5)[nH]c4=O)CC3)c2c1. The highest BCUT2D eigenvalue weighted by molar-refractivity contribution is 7.13. The molecule has 0 unspecified atom stereocenters. The second kappa shape index (κ2) is 8.07. The van der Waals surface area contributed by atoms with Crippen LogP contribution in [0.15, 0.2) is 58.8 Å². The van der Waals surface area contributed by atoms with Crippen LogP contribution in [0.2, 0.25) is 0 Å². The third kappa shape index (κ3) is 3.65. The maximum Gasteiger partial charge on any atom is 0.261 e. The summed E-state index contributed by atoms with van der Waals surface area (Å²) in [6.07, 6.45) is 3.79. The number of pyridine rings is 1. The normalized spacial score (nSPS) is 14.8. The maximum atomic E-state index is 13.0. The zero-order valence-electron chi connectivity index (χ0n) is 17.2. The van der Waals surface area contributed by atoms with Gasteiger partial charge >= 0.3 is 0 Å². The Labute approximate surface area is 183 Å². The highest BCUT2D eigenvalue weighted by Crippen LogP contribution is 2.35. The first kappa shape index (κ1) is 19.6. The molecule has 0 spiro atoms. The third-order valence-corrected chi connectivity index (χ3v) is 6.97. The molecule has 1 aliphatic rings. The van der Waals surface area contributed by atoms with Crippen LogP contribution in [-0.2, 0) is 0 Å². The fourth-order valence-corrected chi connectivity index (χ4v) is 5.07. The second-order valence-corrected chi connectivity index (χ2v) is 8.76. The molecular weight excluding hydrogens is 410 g/mol. The summed E-state index contributed by atoms with van der Waals surface area (Å²) in [5.74, 6) is 1.01. The molecular formula is C24H23N3O3S. The minimum absolute atomic E-state index is 0.196. The van der Waals surface area contributed by atoms with Crippen LogP contribution in [-0.4, -0.2) is 41.0 Å². The van der Waals surface area contributed by atoms with Crippen molar-refractivity contribution in [2.24, 2.45) is 0 Å². The van der Waals surface area contributed by atoms with Crippen LogP contribution >= 0.6 is 11.3 Å². The van der Waals surface area contributed by atoms with Crippen LogP contribution in [0.4, 0.5) is 0 Å². The van der Waals surface area contributed by atoms with E-state index in [1.54, 1.807) is 29.4 Å². The van der Waals surface area contributed by atoms with E-state index in [1.165, 1.54) is 10.9 Å². The number of H-pyrrole nitrogens is 2. The smallest absolute Gasteiger partial charge is 0.261 e. The molecule has 1 fully saturated rings. The number of fused-ring (bicyclic) bond motifs is 1. The van der Waals surface area contributed by atoms with E-state index in [1.807, 2.05) is 35.7 Å². The van der Waals surface area contributed by atoms with Crippen LogP contribution in [0.25, 0.3) is 21.5 Å². The first-order valence-corrected chi connectivity index (χ1v) is 11.2. The van der Waals surface area contributed by atoms with E-state index in [9.17, 15) is 9.59 Å². The van der Waals surface area contributed by atoms with Crippen LogP contribution < -0.4 is 10.3 Å². The standard InChI is InChI=1S/C24H23N3O3S/c1-30-16-4-6-20-18(13-16)19(14-25-20)15-8-10-27(11-9-15)24(29)17-5-7-21(26-23(17)28)22-3-2-12-31-22/h2-7,12-15,25H,8-11H2,1H3,(H,26,28). The average molecular weight is 434 g/mol. The van der Waals surface area contributed by atoms with Gasteiger partial charge in [-0.25, -0.2) is 0 Å². The zero-order chi connectivity index (χ0) is 21.4. The van der Waals surface area contributed by atoms with Crippen LogP contribution in [0, 0.1) is 0 Å². The number of nitrogens with one attached hydrogen (secondary N) is 2. The average Bonchev–Trinajstić information content (AvgIpc) is 3.48. The predicted molar refractivity (Wildman–Crippen MR) is 123 cm³/mol. The lowest BCUT2D eigenvalue weighted by atomic mass is 9.89. The molecule has 1 aliphatic heterocycles. The van der Waals surface area contributed by atoms with Crippen molar-refractivity contribution in [3.8, 4) is 16.3 Å². The lowest BCUT2D eigenvalue weighted by Gasteiger charge is -2.32. The van der Waals surface area contributed by atoms with Crippen molar-refractivity contribution < 1.29 is 9.53 Å². The summed E-state index contributed by atoms with van der Waals surface area (Å²) in [6, 6.07) is 13.4. The Morgan fingerprint density at radius 3 is 2.71 bits per heavy atom. The van der Waals surface area contributed by atoms with Gasteiger partial charge in [-0.2, -0.15) is 0 Å². The lowest BCUT2D eigenvalue weighted by Crippen LogP contribution is -2.40. The van der Waals surface area contributed by atoms with E-state index in [0.717, 1.165) is 34.7 Å². The number of likely N-dealkylation sites (tertiary alicyclic amines) is 1. The number of aromatic nitrogens is 2. The molecule has 5 rings (SSSR count). The number of benzene rings is 1. The summed E-state index contributed by atoms with van der Waals surface area (Å²) in [7, 11) is 1.67. The molecule has 2 N–H and O–H groups in total. The van der Waals surface area contributed by atoms with Crippen molar-refractivity contribution in [2.45, 2.75) is 18.8 Å². The summed E-state index contributed by atoms with van der Waals surface area (Å²) in [4.78, 5) is 34.5. The minimum atomic E-state index is -0.332. The summed E-state index contributed by atoms with van der Waals surface area (Å²) >= 11 is 1.55. The molecule has 0 bridgehead atoms. The van der Waals surface area contributed by atoms with Crippen molar-refractivity contribution in [3.63, 3.8) is 0 Å². The number of rotatable bonds is 4. The van der Waals surface area contributed by atoms with E-state index >= 15 is 0 Å². The molecule has 1 amide bonds. The van der Waals surface area contributed by atoms with E-state index in [0.29, 0.717) is 19.0 Å². The van der Waals surface area contributed by atoms with Crippen LogP contribution in [0.3, 0.4) is 0 Å². The van der Waals surface area contributed by atoms with E-state index in [4.69, 9.17) is 4.74 Å². The fraction of sp³-hybridized carbons (Fsp3) is 0.250. The Bertz CT molecular complexity index is 1280. The lowest BCUT2D eigenvalue weighted by molar-refractivity contribution is 0.0711. The van der Waals surface area contributed by atoms with Gasteiger partial charge in [-0.05, 0) is 66.1 Å². The van der Waals surface area contributed by atoms with Crippen molar-refractivity contribution in [2.75, 3.05) is 20.2 Å². The van der Waals surface area contributed by atoms with Gasteiger partial charge in [0.1, 0.15) is 11.3 Å².